The van der Waals surface area contributed by atoms with Crippen LogP contribution < -0.4 is 0 Å². The molecule has 0 N–H and O–H groups in total. The Balaban J connectivity index is 0. The number of hydrogen-bond acceptors (Lipinski definition) is 0. The third kappa shape index (κ3) is 5.12. The van der Waals surface area contributed by atoms with E-state index < -0.39 is 0 Å². The van der Waals surface area contributed by atoms with Gasteiger partial charge >= 0.3 is 73.0 Å². The zero-order valence-electron chi connectivity index (χ0n) is 7.44. The van der Waals surface area contributed by atoms with Crippen LogP contribution in [-0.2, 0) is 14.7 Å². The van der Waals surface area contributed by atoms with Gasteiger partial charge in [-0.1, -0.05) is 0 Å². The van der Waals surface area contributed by atoms with Crippen molar-refractivity contribution in [2.75, 3.05) is 0 Å². The fraction of sp³-hybridized carbons (Fsp3) is 0.200. The Labute approximate surface area is 123 Å². The predicted octanol–water partition coefficient (Wildman–Crippen LogP) is 4.49. The van der Waals surface area contributed by atoms with Gasteiger partial charge in [0.1, 0.15) is 0 Å². The first kappa shape index (κ1) is 17.3. The molecular weight excluding hydrogens is 419 g/mol. The van der Waals surface area contributed by atoms with Gasteiger partial charge in [-0.25, -0.2) is 0 Å². The van der Waals surface area contributed by atoms with E-state index in [0.717, 1.165) is 12.8 Å². The Bertz CT molecular complexity index is 249. The van der Waals surface area contributed by atoms with Crippen LogP contribution in [0, 0.1) is 0 Å². The second-order valence-electron chi connectivity index (χ2n) is 2.52. The number of hydrogen-bond donors (Lipinski definition) is 0. The summed E-state index contributed by atoms with van der Waals surface area (Å²) in [6, 6.07) is 0. The monoisotopic (exact) mass is 429 g/mol. The van der Waals surface area contributed by atoms with Crippen LogP contribution >= 0.6 is 50.9 Å². The van der Waals surface area contributed by atoms with Gasteiger partial charge in [-0.05, 0) is 0 Å². The number of halogens is 3. The zero-order valence-corrected chi connectivity index (χ0v) is 13.6. The summed E-state index contributed by atoms with van der Waals surface area (Å²) in [6.45, 7) is 0. The van der Waals surface area contributed by atoms with Crippen LogP contribution in [0.15, 0.2) is 45.5 Å². The van der Waals surface area contributed by atoms with Crippen molar-refractivity contribution in [3.8, 4) is 0 Å². The fourth-order valence-corrected chi connectivity index (χ4v) is 2.35. The molecule has 4 heteroatoms. The molecule has 83 valence electrons. The fourth-order valence-electron chi connectivity index (χ4n) is 1.08. The third-order valence-electron chi connectivity index (χ3n) is 1.63. The third-order valence-corrected chi connectivity index (χ3v) is 3.07. The van der Waals surface area contributed by atoms with Crippen LogP contribution in [0.4, 0.5) is 0 Å². The molecule has 2 aliphatic rings. The first-order chi connectivity index (χ1) is 5.45. The summed E-state index contributed by atoms with van der Waals surface area (Å²) in [5.41, 5.74) is 0. The minimum atomic E-state index is 0. The molecule has 0 nitrogen and oxygen atoms in total. The molecule has 0 aromatic heterocycles. The summed E-state index contributed by atoms with van der Waals surface area (Å²) in [6.07, 6.45) is 15.5. The molecule has 2 aliphatic carbocycles. The predicted molar refractivity (Wildman–Crippen MR) is 74.6 cm³/mol. The summed E-state index contributed by atoms with van der Waals surface area (Å²) in [7, 11) is 0. The summed E-state index contributed by atoms with van der Waals surface area (Å²) in [5.74, 6) is 0. The van der Waals surface area contributed by atoms with Crippen LogP contribution in [0.25, 0.3) is 0 Å². The van der Waals surface area contributed by atoms with Crippen LogP contribution in [0.5, 0.6) is 0 Å². The summed E-state index contributed by atoms with van der Waals surface area (Å²) >= 11 is 1.45. The van der Waals surface area contributed by atoms with Gasteiger partial charge in [0.2, 0.25) is 0 Å². The van der Waals surface area contributed by atoms with Gasteiger partial charge in [0.25, 0.3) is 0 Å². The van der Waals surface area contributed by atoms with Crippen molar-refractivity contribution in [3.05, 3.63) is 45.5 Å². The van der Waals surface area contributed by atoms with Crippen molar-refractivity contribution in [2.45, 2.75) is 12.8 Å². The van der Waals surface area contributed by atoms with Gasteiger partial charge < -0.3 is 0 Å². The molecule has 0 saturated heterocycles. The van der Waals surface area contributed by atoms with E-state index >= 15 is 0 Å². The molecule has 0 fully saturated rings. The van der Waals surface area contributed by atoms with Gasteiger partial charge in [0, 0.05) is 0 Å². The second kappa shape index (κ2) is 9.16. The van der Waals surface area contributed by atoms with Crippen LogP contribution in [0.1, 0.15) is 12.8 Å². The SMILES string of the molecule is Br.Br.Br.C1=CC[C]([Co][C]2=CC=CC2)=C1. The Morgan fingerprint density at radius 1 is 0.786 bits per heavy atom. The van der Waals surface area contributed by atoms with E-state index in [0.29, 0.717) is 0 Å². The van der Waals surface area contributed by atoms with Crippen LogP contribution in [-0.4, -0.2) is 0 Å². The molecule has 14 heavy (non-hydrogen) atoms. The van der Waals surface area contributed by atoms with E-state index in [-0.39, 0.29) is 50.9 Å². The van der Waals surface area contributed by atoms with Gasteiger partial charge in [-0.15, -0.1) is 50.9 Å². The van der Waals surface area contributed by atoms with Crippen molar-refractivity contribution >= 4 is 50.9 Å². The maximum absolute atomic E-state index is 2.22. The Kier molecular flexibility index (Phi) is 11.3. The van der Waals surface area contributed by atoms with Gasteiger partial charge in [0.05, 0.1) is 0 Å². The molecule has 0 aliphatic heterocycles. The first-order valence-corrected chi connectivity index (χ1v) is 4.81. The molecule has 0 spiro atoms. The summed E-state index contributed by atoms with van der Waals surface area (Å²) < 4.78 is 3.05. The molecule has 0 unspecified atom stereocenters. The van der Waals surface area contributed by atoms with Gasteiger partial charge in [0.15, 0.2) is 0 Å². The number of allylic oxidation sites excluding steroid dienone is 8. The van der Waals surface area contributed by atoms with Gasteiger partial charge in [-0.2, -0.15) is 0 Å². The topological polar surface area (TPSA) is 0 Å². The second-order valence-corrected chi connectivity index (χ2v) is 4.12. The molecule has 0 heterocycles. The average molecular weight is 432 g/mol. The summed E-state index contributed by atoms with van der Waals surface area (Å²) in [5, 5.41) is 0. The first-order valence-electron chi connectivity index (χ1n) is 3.77. The maximum atomic E-state index is 2.22. The molecule has 0 saturated carbocycles. The van der Waals surface area contributed by atoms with Crippen LogP contribution in [0.3, 0.4) is 0 Å². The van der Waals surface area contributed by atoms with Gasteiger partial charge in [-0.3, -0.25) is 0 Å². The van der Waals surface area contributed by atoms with Crippen molar-refractivity contribution in [1.29, 1.82) is 0 Å². The molecular formula is C10H13Br3Co. The standard InChI is InChI=1S/2C5H5.3BrH.Co/c2*1-2-4-5-3-1;;;;/h2*1-3H,4H2;3*1H;. The quantitative estimate of drug-likeness (QED) is 0.604. The van der Waals surface area contributed by atoms with Crippen LogP contribution in [0.2, 0.25) is 0 Å². The van der Waals surface area contributed by atoms with Crippen molar-refractivity contribution in [1.82, 2.24) is 0 Å². The van der Waals surface area contributed by atoms with Crippen molar-refractivity contribution < 1.29 is 14.7 Å². The number of rotatable bonds is 2. The Morgan fingerprint density at radius 3 is 1.50 bits per heavy atom. The van der Waals surface area contributed by atoms with E-state index in [2.05, 4.69) is 36.5 Å². The molecule has 0 aromatic carbocycles. The molecule has 0 atom stereocenters. The van der Waals surface area contributed by atoms with E-state index in [4.69, 9.17) is 0 Å². The van der Waals surface area contributed by atoms with Crippen molar-refractivity contribution in [3.63, 3.8) is 0 Å². The molecule has 0 amide bonds. The van der Waals surface area contributed by atoms with E-state index in [1.807, 2.05) is 0 Å². The van der Waals surface area contributed by atoms with Crippen molar-refractivity contribution in [2.24, 2.45) is 0 Å². The summed E-state index contributed by atoms with van der Waals surface area (Å²) in [4.78, 5) is 0. The molecule has 0 radical (unpaired) electrons. The van der Waals surface area contributed by atoms with E-state index in [1.54, 1.807) is 0 Å². The Hall–Kier alpha value is 0.906. The Morgan fingerprint density at radius 2 is 1.21 bits per heavy atom. The molecule has 2 rings (SSSR count). The zero-order chi connectivity index (χ0) is 7.52. The molecule has 0 bridgehead atoms. The average Bonchev–Trinajstić information content (AvgIpc) is 2.60. The normalized spacial score (nSPS) is 16.6. The van der Waals surface area contributed by atoms with E-state index in [1.165, 1.54) is 23.7 Å². The van der Waals surface area contributed by atoms with E-state index in [9.17, 15) is 0 Å². The molecule has 0 aromatic rings. The minimum absolute atomic E-state index is 0.